The standard InChI is InChI=1S/C20H23F3N6S/c1-11(2)29-10-17(26-13(29)4)18-15(20(21,22)23)9-25-19(28-18)27-16-7-6-14(30-24-5)8-12(16)3/h6-11,24H,1-5H3,(H,25,27,28). The van der Waals surface area contributed by atoms with E-state index >= 15 is 0 Å². The van der Waals surface area contributed by atoms with Crippen LogP contribution in [-0.2, 0) is 6.18 Å². The van der Waals surface area contributed by atoms with Crippen LogP contribution in [0.25, 0.3) is 11.4 Å². The number of imidazole rings is 1. The normalized spacial score (nSPS) is 11.9. The molecule has 0 unspecified atom stereocenters. The molecule has 1 aromatic carbocycles. The average molecular weight is 437 g/mol. The van der Waals surface area contributed by atoms with Crippen molar-refractivity contribution in [2.24, 2.45) is 0 Å². The number of hydrogen-bond acceptors (Lipinski definition) is 6. The van der Waals surface area contributed by atoms with Gasteiger partial charge >= 0.3 is 6.18 Å². The summed E-state index contributed by atoms with van der Waals surface area (Å²) in [5.74, 6) is 0.696. The van der Waals surface area contributed by atoms with Gasteiger partial charge in [0.05, 0.1) is 0 Å². The molecule has 0 fully saturated rings. The van der Waals surface area contributed by atoms with E-state index in [9.17, 15) is 13.2 Å². The molecule has 30 heavy (non-hydrogen) atoms. The molecule has 3 aromatic rings. The number of nitrogens with zero attached hydrogens (tertiary/aromatic N) is 4. The van der Waals surface area contributed by atoms with Gasteiger partial charge in [-0.2, -0.15) is 13.2 Å². The fourth-order valence-electron chi connectivity index (χ4n) is 3.05. The summed E-state index contributed by atoms with van der Waals surface area (Å²) in [5, 5.41) is 3.02. The van der Waals surface area contributed by atoms with E-state index in [2.05, 4.69) is 25.0 Å². The molecule has 0 aliphatic carbocycles. The summed E-state index contributed by atoms with van der Waals surface area (Å²) in [6.45, 7) is 7.54. The van der Waals surface area contributed by atoms with E-state index < -0.39 is 11.7 Å². The summed E-state index contributed by atoms with van der Waals surface area (Å²) in [5.41, 5.74) is 0.628. The van der Waals surface area contributed by atoms with E-state index in [0.717, 1.165) is 16.7 Å². The van der Waals surface area contributed by atoms with Crippen LogP contribution in [0.5, 0.6) is 0 Å². The smallest absolute Gasteiger partial charge is 0.332 e. The van der Waals surface area contributed by atoms with Gasteiger partial charge in [0.1, 0.15) is 22.8 Å². The third kappa shape index (κ3) is 4.76. The Hall–Kier alpha value is -2.59. The molecule has 0 saturated carbocycles. The number of alkyl halides is 3. The number of rotatable bonds is 6. The van der Waals surface area contributed by atoms with Gasteiger partial charge in [0.25, 0.3) is 0 Å². The van der Waals surface area contributed by atoms with E-state index in [-0.39, 0.29) is 23.4 Å². The molecule has 10 heteroatoms. The maximum absolute atomic E-state index is 13.6. The largest absolute Gasteiger partial charge is 0.420 e. The summed E-state index contributed by atoms with van der Waals surface area (Å²) in [6.07, 6.45) is -2.20. The maximum Gasteiger partial charge on any atom is 0.420 e. The molecule has 2 aromatic heterocycles. The van der Waals surface area contributed by atoms with Crippen molar-refractivity contribution in [3.63, 3.8) is 0 Å². The minimum atomic E-state index is -4.59. The molecule has 3 rings (SSSR count). The Morgan fingerprint density at radius 3 is 2.43 bits per heavy atom. The van der Waals surface area contributed by atoms with Crippen LogP contribution < -0.4 is 10.0 Å². The van der Waals surface area contributed by atoms with Crippen LogP contribution in [-0.4, -0.2) is 26.6 Å². The molecule has 0 aliphatic heterocycles. The quantitative estimate of drug-likeness (QED) is 0.496. The first-order chi connectivity index (χ1) is 14.1. The molecule has 2 N–H and O–H groups in total. The summed E-state index contributed by atoms with van der Waals surface area (Å²) in [6, 6.07) is 5.77. The number of hydrogen-bond donors (Lipinski definition) is 2. The highest BCUT2D eigenvalue weighted by Gasteiger charge is 2.36. The van der Waals surface area contributed by atoms with Crippen LogP contribution in [0.15, 0.2) is 35.5 Å². The molecular formula is C20H23F3N6S. The predicted octanol–water partition coefficient (Wildman–Crippen LogP) is 5.53. The Morgan fingerprint density at radius 1 is 1.13 bits per heavy atom. The van der Waals surface area contributed by atoms with Crippen molar-refractivity contribution < 1.29 is 13.2 Å². The lowest BCUT2D eigenvalue weighted by atomic mass is 10.2. The van der Waals surface area contributed by atoms with Crippen LogP contribution in [0, 0.1) is 13.8 Å². The molecule has 0 radical (unpaired) electrons. The maximum atomic E-state index is 13.6. The van der Waals surface area contributed by atoms with Crippen LogP contribution >= 0.6 is 11.9 Å². The number of halogens is 3. The van der Waals surface area contributed by atoms with Gasteiger partial charge in [0.2, 0.25) is 5.95 Å². The molecule has 160 valence electrons. The molecular weight excluding hydrogens is 413 g/mol. The third-order valence-corrected chi connectivity index (χ3v) is 5.17. The zero-order valence-electron chi connectivity index (χ0n) is 17.3. The lowest BCUT2D eigenvalue weighted by Gasteiger charge is -2.14. The van der Waals surface area contributed by atoms with Gasteiger partial charge in [-0.05, 0) is 70.5 Å². The Morgan fingerprint density at radius 2 is 1.87 bits per heavy atom. The first kappa shape index (κ1) is 22.1. The van der Waals surface area contributed by atoms with Crippen LogP contribution in [0.3, 0.4) is 0 Å². The van der Waals surface area contributed by atoms with Crippen molar-refractivity contribution in [3.05, 3.63) is 47.5 Å². The fraction of sp³-hybridized carbons (Fsp3) is 0.350. The van der Waals surface area contributed by atoms with E-state index in [1.54, 1.807) is 13.1 Å². The molecule has 0 aliphatic rings. The molecule has 0 spiro atoms. The Balaban J connectivity index is 2.02. The van der Waals surface area contributed by atoms with Gasteiger partial charge < -0.3 is 9.88 Å². The van der Waals surface area contributed by atoms with Crippen molar-refractivity contribution in [3.8, 4) is 11.4 Å². The fourth-order valence-corrected chi connectivity index (χ4v) is 3.65. The molecule has 0 saturated heterocycles. The van der Waals surface area contributed by atoms with Crippen molar-refractivity contribution in [1.82, 2.24) is 24.2 Å². The number of benzene rings is 1. The highest BCUT2D eigenvalue weighted by molar-refractivity contribution is 7.97. The van der Waals surface area contributed by atoms with Crippen molar-refractivity contribution in [2.75, 3.05) is 12.4 Å². The summed E-state index contributed by atoms with van der Waals surface area (Å²) in [4.78, 5) is 13.4. The summed E-state index contributed by atoms with van der Waals surface area (Å²) in [7, 11) is 1.83. The predicted molar refractivity (Wildman–Crippen MR) is 113 cm³/mol. The highest BCUT2D eigenvalue weighted by Crippen LogP contribution is 2.36. The van der Waals surface area contributed by atoms with Gasteiger partial charge in [-0.15, -0.1) is 0 Å². The Bertz CT molecular complexity index is 1050. The third-order valence-electron chi connectivity index (χ3n) is 4.47. The molecule has 0 amide bonds. The number of nitrogens with one attached hydrogen (secondary N) is 2. The van der Waals surface area contributed by atoms with Gasteiger partial charge in [-0.1, -0.05) is 0 Å². The lowest BCUT2D eigenvalue weighted by molar-refractivity contribution is -0.137. The van der Waals surface area contributed by atoms with E-state index in [1.165, 1.54) is 11.9 Å². The molecule has 2 heterocycles. The monoisotopic (exact) mass is 436 g/mol. The average Bonchev–Trinajstić information content (AvgIpc) is 3.05. The first-order valence-corrected chi connectivity index (χ1v) is 10.1. The zero-order valence-corrected chi connectivity index (χ0v) is 18.1. The van der Waals surface area contributed by atoms with Gasteiger partial charge in [0, 0.05) is 29.0 Å². The van der Waals surface area contributed by atoms with Gasteiger partial charge in [-0.25, -0.2) is 15.0 Å². The number of aromatic nitrogens is 4. The Labute approximate surface area is 177 Å². The molecule has 0 atom stereocenters. The number of aryl methyl sites for hydroxylation is 2. The van der Waals surface area contributed by atoms with Crippen LogP contribution in [0.1, 0.15) is 36.8 Å². The second-order valence-corrected chi connectivity index (χ2v) is 8.12. The van der Waals surface area contributed by atoms with Crippen LogP contribution in [0.2, 0.25) is 0 Å². The second-order valence-electron chi connectivity index (χ2n) is 7.04. The SMILES string of the molecule is CNSc1ccc(Nc2ncc(C(F)(F)F)c(-c3cn(C(C)C)c(C)n3)n2)c(C)c1. The van der Waals surface area contributed by atoms with E-state index in [4.69, 9.17) is 0 Å². The second kappa shape index (κ2) is 8.65. The van der Waals surface area contributed by atoms with Crippen LogP contribution in [0.4, 0.5) is 24.8 Å². The topological polar surface area (TPSA) is 67.7 Å². The van der Waals surface area contributed by atoms with E-state index in [0.29, 0.717) is 11.5 Å². The zero-order chi connectivity index (χ0) is 22.1. The minimum absolute atomic E-state index is 0.0664. The van der Waals surface area contributed by atoms with Gasteiger partial charge in [-0.3, -0.25) is 4.72 Å². The summed E-state index contributed by atoms with van der Waals surface area (Å²) < 4.78 is 45.6. The van der Waals surface area contributed by atoms with Crippen molar-refractivity contribution >= 4 is 23.6 Å². The molecule has 0 bridgehead atoms. The van der Waals surface area contributed by atoms with Crippen molar-refractivity contribution in [2.45, 2.75) is 44.8 Å². The first-order valence-electron chi connectivity index (χ1n) is 9.31. The van der Waals surface area contributed by atoms with Crippen molar-refractivity contribution in [1.29, 1.82) is 0 Å². The van der Waals surface area contributed by atoms with E-state index in [1.807, 2.05) is 50.6 Å². The number of anilines is 2. The minimum Gasteiger partial charge on any atom is -0.332 e. The molecule has 6 nitrogen and oxygen atoms in total. The summed E-state index contributed by atoms with van der Waals surface area (Å²) >= 11 is 1.47. The highest BCUT2D eigenvalue weighted by atomic mass is 32.2. The van der Waals surface area contributed by atoms with Gasteiger partial charge in [0.15, 0.2) is 0 Å². The lowest BCUT2D eigenvalue weighted by Crippen LogP contribution is -2.11. The Kier molecular flexibility index (Phi) is 6.37.